The van der Waals surface area contributed by atoms with Crippen molar-refractivity contribution in [2.24, 2.45) is 17.8 Å². The fourth-order valence-corrected chi connectivity index (χ4v) is 3.49. The molecule has 1 saturated heterocycles. The zero-order valence-electron chi connectivity index (χ0n) is 13.6. The van der Waals surface area contributed by atoms with Crippen LogP contribution in [0.4, 0.5) is 0 Å². The zero-order valence-corrected chi connectivity index (χ0v) is 13.6. The second-order valence-electron chi connectivity index (χ2n) is 6.98. The monoisotopic (exact) mass is 283 g/mol. The van der Waals surface area contributed by atoms with E-state index in [1.807, 2.05) is 0 Å². The van der Waals surface area contributed by atoms with Crippen LogP contribution in [0.3, 0.4) is 0 Å². The Morgan fingerprint density at radius 3 is 2.75 bits per heavy atom. The van der Waals surface area contributed by atoms with Crippen LogP contribution in [0.25, 0.3) is 0 Å². The van der Waals surface area contributed by atoms with Gasteiger partial charge in [-0.1, -0.05) is 20.8 Å². The largest absolute Gasteiger partial charge is 0.381 e. The minimum absolute atomic E-state index is 0.406. The first kappa shape index (κ1) is 16.3. The molecule has 1 aliphatic heterocycles. The number of hydrogen-bond donors (Lipinski definition) is 1. The molecule has 1 aliphatic carbocycles. The van der Waals surface area contributed by atoms with E-state index in [1.165, 1.54) is 32.1 Å². The summed E-state index contributed by atoms with van der Waals surface area (Å²) in [4.78, 5) is 0. The van der Waals surface area contributed by atoms with Gasteiger partial charge < -0.3 is 14.8 Å². The van der Waals surface area contributed by atoms with Crippen molar-refractivity contribution >= 4 is 0 Å². The lowest BCUT2D eigenvalue weighted by molar-refractivity contribution is -0.0319. The summed E-state index contributed by atoms with van der Waals surface area (Å²) in [6, 6.07) is 0.562. The standard InChI is InChI=1S/C17H33NO2/c1-4-8-18-16-6-5-15(13(2)3)10-17(16)20-12-14-7-9-19-11-14/h13-18H,4-12H2,1-3H3. The second kappa shape index (κ2) is 8.35. The molecule has 0 aromatic rings. The molecule has 2 rings (SSSR count). The molecular weight excluding hydrogens is 250 g/mol. The maximum absolute atomic E-state index is 6.31. The van der Waals surface area contributed by atoms with Gasteiger partial charge in [0.1, 0.15) is 0 Å². The van der Waals surface area contributed by atoms with Crippen LogP contribution in [0, 0.1) is 17.8 Å². The van der Waals surface area contributed by atoms with Crippen LogP contribution in [-0.4, -0.2) is 38.5 Å². The first-order chi connectivity index (χ1) is 9.70. The van der Waals surface area contributed by atoms with E-state index in [4.69, 9.17) is 9.47 Å². The molecule has 1 saturated carbocycles. The van der Waals surface area contributed by atoms with Crippen molar-refractivity contribution in [1.29, 1.82) is 0 Å². The molecule has 0 radical (unpaired) electrons. The summed E-state index contributed by atoms with van der Waals surface area (Å²) in [7, 11) is 0. The molecule has 0 bridgehead atoms. The lowest BCUT2D eigenvalue weighted by Crippen LogP contribution is -2.47. The maximum Gasteiger partial charge on any atom is 0.0730 e. The van der Waals surface area contributed by atoms with E-state index in [-0.39, 0.29) is 0 Å². The first-order valence-corrected chi connectivity index (χ1v) is 8.63. The molecule has 1 heterocycles. The summed E-state index contributed by atoms with van der Waals surface area (Å²) in [5.74, 6) is 2.24. The van der Waals surface area contributed by atoms with E-state index in [9.17, 15) is 0 Å². The average Bonchev–Trinajstić information content (AvgIpc) is 2.96. The lowest BCUT2D eigenvalue weighted by atomic mass is 9.78. The molecule has 0 amide bonds. The van der Waals surface area contributed by atoms with Gasteiger partial charge in [0.2, 0.25) is 0 Å². The van der Waals surface area contributed by atoms with Gasteiger partial charge in [-0.2, -0.15) is 0 Å². The highest BCUT2D eigenvalue weighted by Gasteiger charge is 2.32. The summed E-state index contributed by atoms with van der Waals surface area (Å²) >= 11 is 0. The van der Waals surface area contributed by atoms with Gasteiger partial charge in [-0.25, -0.2) is 0 Å². The predicted molar refractivity (Wildman–Crippen MR) is 82.9 cm³/mol. The molecule has 20 heavy (non-hydrogen) atoms. The Labute approximate surface area is 124 Å². The highest BCUT2D eigenvalue weighted by molar-refractivity contribution is 4.87. The SMILES string of the molecule is CCCNC1CCC(C(C)C)CC1OCC1CCOC1. The number of ether oxygens (including phenoxy) is 2. The molecule has 0 spiro atoms. The molecule has 4 atom stereocenters. The van der Waals surface area contributed by atoms with Crippen molar-refractivity contribution < 1.29 is 9.47 Å². The zero-order chi connectivity index (χ0) is 14.4. The molecule has 0 aromatic heterocycles. The van der Waals surface area contributed by atoms with E-state index in [0.717, 1.165) is 38.2 Å². The van der Waals surface area contributed by atoms with Crippen LogP contribution in [0.15, 0.2) is 0 Å². The lowest BCUT2D eigenvalue weighted by Gasteiger charge is -2.38. The molecule has 3 heteroatoms. The highest BCUT2D eigenvalue weighted by atomic mass is 16.5. The van der Waals surface area contributed by atoms with Gasteiger partial charge in [0, 0.05) is 18.6 Å². The van der Waals surface area contributed by atoms with Gasteiger partial charge in [-0.3, -0.25) is 0 Å². The topological polar surface area (TPSA) is 30.5 Å². The summed E-state index contributed by atoms with van der Waals surface area (Å²) in [6.07, 6.45) is 6.64. The third-order valence-corrected chi connectivity index (χ3v) is 5.00. The highest BCUT2D eigenvalue weighted by Crippen LogP contribution is 2.32. The Kier molecular flexibility index (Phi) is 6.79. The Balaban J connectivity index is 1.83. The van der Waals surface area contributed by atoms with Crippen LogP contribution in [0.2, 0.25) is 0 Å². The first-order valence-electron chi connectivity index (χ1n) is 8.63. The van der Waals surface area contributed by atoms with Crippen LogP contribution in [-0.2, 0) is 9.47 Å². The van der Waals surface area contributed by atoms with Crippen LogP contribution in [0.1, 0.15) is 52.9 Å². The van der Waals surface area contributed by atoms with Crippen LogP contribution in [0.5, 0.6) is 0 Å². The molecule has 118 valence electrons. The Morgan fingerprint density at radius 2 is 2.10 bits per heavy atom. The van der Waals surface area contributed by atoms with E-state index in [2.05, 4.69) is 26.1 Å². The number of nitrogens with one attached hydrogen (secondary N) is 1. The van der Waals surface area contributed by atoms with Gasteiger partial charge >= 0.3 is 0 Å². The van der Waals surface area contributed by atoms with Gasteiger partial charge in [0.15, 0.2) is 0 Å². The fourth-order valence-electron chi connectivity index (χ4n) is 3.49. The van der Waals surface area contributed by atoms with Crippen molar-refractivity contribution in [2.75, 3.05) is 26.4 Å². The summed E-state index contributed by atoms with van der Waals surface area (Å²) in [5.41, 5.74) is 0. The minimum atomic E-state index is 0.406. The Hall–Kier alpha value is -0.120. The van der Waals surface area contributed by atoms with Crippen LogP contribution < -0.4 is 5.32 Å². The molecule has 2 aliphatic rings. The fraction of sp³-hybridized carbons (Fsp3) is 1.00. The van der Waals surface area contributed by atoms with Crippen molar-refractivity contribution in [1.82, 2.24) is 5.32 Å². The summed E-state index contributed by atoms with van der Waals surface area (Å²) < 4.78 is 11.8. The number of hydrogen-bond acceptors (Lipinski definition) is 3. The van der Waals surface area contributed by atoms with Gasteiger partial charge in [-0.05, 0) is 50.5 Å². The van der Waals surface area contributed by atoms with Crippen molar-refractivity contribution in [3.05, 3.63) is 0 Å². The summed E-state index contributed by atoms with van der Waals surface area (Å²) in [6.45, 7) is 10.8. The van der Waals surface area contributed by atoms with Crippen molar-refractivity contribution in [3.63, 3.8) is 0 Å². The predicted octanol–water partition coefficient (Wildman–Crippen LogP) is 3.23. The van der Waals surface area contributed by atoms with E-state index in [0.29, 0.717) is 18.1 Å². The summed E-state index contributed by atoms with van der Waals surface area (Å²) in [5, 5.41) is 3.70. The number of rotatable bonds is 7. The van der Waals surface area contributed by atoms with Crippen molar-refractivity contribution in [2.45, 2.75) is 65.0 Å². The Morgan fingerprint density at radius 1 is 1.25 bits per heavy atom. The smallest absolute Gasteiger partial charge is 0.0730 e. The van der Waals surface area contributed by atoms with E-state index in [1.54, 1.807) is 0 Å². The third-order valence-electron chi connectivity index (χ3n) is 5.00. The second-order valence-corrected chi connectivity index (χ2v) is 6.98. The minimum Gasteiger partial charge on any atom is -0.381 e. The molecule has 1 N–H and O–H groups in total. The van der Waals surface area contributed by atoms with Gasteiger partial charge in [0.05, 0.1) is 19.3 Å². The average molecular weight is 283 g/mol. The van der Waals surface area contributed by atoms with E-state index < -0.39 is 0 Å². The molecule has 4 unspecified atom stereocenters. The molecule has 0 aromatic carbocycles. The van der Waals surface area contributed by atoms with Gasteiger partial charge in [-0.15, -0.1) is 0 Å². The van der Waals surface area contributed by atoms with Gasteiger partial charge in [0.25, 0.3) is 0 Å². The van der Waals surface area contributed by atoms with Crippen LogP contribution >= 0.6 is 0 Å². The Bertz CT molecular complexity index is 264. The molecular formula is C17H33NO2. The quantitative estimate of drug-likeness (QED) is 0.778. The maximum atomic E-state index is 6.31. The van der Waals surface area contributed by atoms with E-state index >= 15 is 0 Å². The van der Waals surface area contributed by atoms with Crippen molar-refractivity contribution in [3.8, 4) is 0 Å². The third kappa shape index (κ3) is 4.71. The molecule has 3 nitrogen and oxygen atoms in total. The normalized spacial score (nSPS) is 34.8. The molecule has 2 fully saturated rings.